The maximum Gasteiger partial charge on any atom is 0.225 e. The van der Waals surface area contributed by atoms with E-state index in [2.05, 4.69) is 30.6 Å². The van der Waals surface area contributed by atoms with Crippen molar-refractivity contribution in [1.82, 2.24) is 19.9 Å². The van der Waals surface area contributed by atoms with Crippen LogP contribution < -0.4 is 20.1 Å². The van der Waals surface area contributed by atoms with Crippen LogP contribution in [0.4, 0.5) is 23.0 Å². The molecule has 2 aromatic carbocycles. The van der Waals surface area contributed by atoms with Gasteiger partial charge in [0.1, 0.15) is 23.1 Å². The molecular weight excluding hydrogens is 652 g/mol. The predicted octanol–water partition coefficient (Wildman–Crippen LogP) is 10.5. The minimum absolute atomic E-state index is 0.0672. The molecule has 2 atom stereocenters. The molecule has 2 N–H and O–H groups in total. The van der Waals surface area contributed by atoms with Gasteiger partial charge in [-0.15, -0.1) is 0 Å². The van der Waals surface area contributed by atoms with Gasteiger partial charge in [-0.25, -0.2) is 19.9 Å². The molecule has 6 heterocycles. The Kier molecular flexibility index (Phi) is 11.9. The van der Waals surface area contributed by atoms with Gasteiger partial charge in [-0.05, 0) is 136 Å². The van der Waals surface area contributed by atoms with Crippen LogP contribution in [0.1, 0.15) is 61.9 Å². The summed E-state index contributed by atoms with van der Waals surface area (Å²) in [5.74, 6) is 4.33. The van der Waals surface area contributed by atoms with Crippen molar-refractivity contribution >= 4 is 23.0 Å². The highest BCUT2D eigenvalue weighted by molar-refractivity contribution is 5.58. The minimum atomic E-state index is 0.0672. The van der Waals surface area contributed by atoms with Gasteiger partial charge < -0.3 is 29.6 Å². The van der Waals surface area contributed by atoms with Crippen molar-refractivity contribution in [3.8, 4) is 23.3 Å². The van der Waals surface area contributed by atoms with Gasteiger partial charge in [-0.3, -0.25) is 0 Å². The molecule has 2 aliphatic heterocycles. The molecule has 0 radical (unpaired) electrons. The Labute approximate surface area is 304 Å². The van der Waals surface area contributed by atoms with E-state index in [1.807, 2.05) is 109 Å². The zero-order valence-corrected chi connectivity index (χ0v) is 28.9. The molecule has 2 fully saturated rings. The molecule has 52 heavy (non-hydrogen) atoms. The van der Waals surface area contributed by atoms with Gasteiger partial charge in [0.25, 0.3) is 0 Å². The number of hydrogen-bond donors (Lipinski definition) is 2. The van der Waals surface area contributed by atoms with Gasteiger partial charge in [-0.1, -0.05) is 12.1 Å². The van der Waals surface area contributed by atoms with Gasteiger partial charge in [0.2, 0.25) is 11.8 Å². The highest BCUT2D eigenvalue weighted by atomic mass is 16.5. The van der Waals surface area contributed by atoms with E-state index in [9.17, 15) is 0 Å². The van der Waals surface area contributed by atoms with Crippen molar-refractivity contribution < 1.29 is 18.9 Å². The van der Waals surface area contributed by atoms with E-state index in [0.717, 1.165) is 84.5 Å². The second-order valence-electron chi connectivity index (χ2n) is 12.4. The highest BCUT2D eigenvalue weighted by Crippen LogP contribution is 2.36. The molecule has 10 heteroatoms. The average molecular weight is 695 g/mol. The maximum atomic E-state index is 6.03. The van der Waals surface area contributed by atoms with Crippen LogP contribution in [0.15, 0.2) is 134 Å². The van der Waals surface area contributed by atoms with Crippen LogP contribution in [0.5, 0.6) is 23.3 Å². The first-order chi connectivity index (χ1) is 25.8. The zero-order chi connectivity index (χ0) is 35.2. The molecule has 0 aliphatic carbocycles. The van der Waals surface area contributed by atoms with E-state index in [0.29, 0.717) is 11.8 Å². The number of anilines is 4. The third kappa shape index (κ3) is 9.69. The Morgan fingerprint density at radius 3 is 1.29 bits per heavy atom. The number of aromatic nitrogens is 4. The largest absolute Gasteiger partial charge is 0.439 e. The summed E-state index contributed by atoms with van der Waals surface area (Å²) in [6.45, 7) is 1.60. The zero-order valence-electron chi connectivity index (χ0n) is 28.9. The van der Waals surface area contributed by atoms with Gasteiger partial charge in [0.05, 0.1) is 12.2 Å². The number of ether oxygens (including phenoxy) is 4. The SMILES string of the molecule is c1ccc(Nc2ccc(Oc3ncccc3C3CCCCO3)cc2)nc1.c1ccc(Nc2ccc(Oc3ncccc3C3CCCCO3)cc2)nc1. The number of rotatable bonds is 10. The van der Waals surface area contributed by atoms with Crippen LogP contribution >= 0.6 is 0 Å². The summed E-state index contributed by atoms with van der Waals surface area (Å²) in [6.07, 6.45) is 13.8. The average Bonchev–Trinajstić information content (AvgIpc) is 3.22. The number of nitrogens with zero attached hydrogens (tertiary/aromatic N) is 4. The van der Waals surface area contributed by atoms with Crippen molar-refractivity contribution in [3.63, 3.8) is 0 Å². The van der Waals surface area contributed by atoms with Crippen LogP contribution in [0.2, 0.25) is 0 Å². The van der Waals surface area contributed by atoms with Gasteiger partial charge in [-0.2, -0.15) is 0 Å². The molecule has 0 saturated carbocycles. The van der Waals surface area contributed by atoms with Crippen LogP contribution in [0.3, 0.4) is 0 Å². The normalized spacial score (nSPS) is 16.8. The van der Waals surface area contributed by atoms with E-state index in [-0.39, 0.29) is 12.2 Å². The molecule has 0 bridgehead atoms. The Morgan fingerprint density at radius 2 is 0.904 bits per heavy atom. The number of nitrogens with one attached hydrogen (secondary N) is 2. The van der Waals surface area contributed by atoms with Crippen molar-refractivity contribution in [2.45, 2.75) is 50.7 Å². The molecule has 6 aromatic rings. The number of benzene rings is 2. The molecule has 0 amide bonds. The molecule has 2 saturated heterocycles. The van der Waals surface area contributed by atoms with E-state index < -0.39 is 0 Å². The summed E-state index contributed by atoms with van der Waals surface area (Å²) < 4.78 is 23.8. The smallest absolute Gasteiger partial charge is 0.225 e. The van der Waals surface area contributed by atoms with Crippen LogP contribution in [0.25, 0.3) is 0 Å². The molecule has 2 unspecified atom stereocenters. The van der Waals surface area contributed by atoms with Crippen LogP contribution in [0, 0.1) is 0 Å². The summed E-state index contributed by atoms with van der Waals surface area (Å²) >= 11 is 0. The lowest BCUT2D eigenvalue weighted by molar-refractivity contribution is 0.0134. The van der Waals surface area contributed by atoms with Crippen molar-refractivity contribution in [2.75, 3.05) is 23.8 Å². The Balaban J connectivity index is 0.000000162. The van der Waals surface area contributed by atoms with Crippen molar-refractivity contribution in [2.24, 2.45) is 0 Å². The van der Waals surface area contributed by atoms with Gasteiger partial charge >= 0.3 is 0 Å². The summed E-state index contributed by atoms with van der Waals surface area (Å²) in [4.78, 5) is 17.3. The number of hydrogen-bond acceptors (Lipinski definition) is 10. The van der Waals surface area contributed by atoms with Crippen molar-refractivity contribution in [1.29, 1.82) is 0 Å². The van der Waals surface area contributed by atoms with E-state index >= 15 is 0 Å². The van der Waals surface area contributed by atoms with Crippen LogP contribution in [-0.2, 0) is 9.47 Å². The molecule has 2 aliphatic rings. The minimum Gasteiger partial charge on any atom is -0.439 e. The lowest BCUT2D eigenvalue weighted by Gasteiger charge is -2.24. The standard InChI is InChI=1S/2C21H21N3O2/c2*1-3-13-22-20(8-1)24-16-9-11-17(12-10-16)26-21-18(6-5-14-23-21)19-7-2-4-15-25-19/h2*1,3,5-6,8-14,19H,2,4,7,15H2,(H,22,24). The van der Waals surface area contributed by atoms with E-state index in [1.165, 1.54) is 12.8 Å². The topological polar surface area (TPSA) is 113 Å². The van der Waals surface area contributed by atoms with Gasteiger partial charge in [0.15, 0.2) is 0 Å². The van der Waals surface area contributed by atoms with Gasteiger partial charge in [0, 0.05) is 60.5 Å². The number of pyridine rings is 4. The van der Waals surface area contributed by atoms with E-state index in [1.54, 1.807) is 24.8 Å². The third-order valence-electron chi connectivity index (χ3n) is 8.67. The molecule has 4 aromatic heterocycles. The summed E-state index contributed by atoms with van der Waals surface area (Å²) in [5, 5.41) is 6.51. The fourth-order valence-corrected chi connectivity index (χ4v) is 6.04. The summed E-state index contributed by atoms with van der Waals surface area (Å²) in [7, 11) is 0. The fraction of sp³-hybridized carbons (Fsp3) is 0.238. The first-order valence-electron chi connectivity index (χ1n) is 17.8. The van der Waals surface area contributed by atoms with E-state index in [4.69, 9.17) is 18.9 Å². The predicted molar refractivity (Wildman–Crippen MR) is 202 cm³/mol. The lowest BCUT2D eigenvalue weighted by Crippen LogP contribution is -2.12. The second kappa shape index (κ2) is 17.9. The lowest BCUT2D eigenvalue weighted by atomic mass is 10.0. The third-order valence-corrected chi connectivity index (χ3v) is 8.67. The Hall–Kier alpha value is -5.84. The Morgan fingerprint density at radius 1 is 0.462 bits per heavy atom. The maximum absolute atomic E-state index is 6.03. The van der Waals surface area contributed by atoms with Crippen molar-refractivity contribution in [3.05, 3.63) is 145 Å². The summed E-state index contributed by atoms with van der Waals surface area (Å²) in [5.41, 5.74) is 3.94. The Bertz CT molecular complexity index is 1810. The quantitative estimate of drug-likeness (QED) is 0.144. The monoisotopic (exact) mass is 694 g/mol. The first kappa shape index (κ1) is 34.6. The van der Waals surface area contributed by atoms with Crippen LogP contribution in [-0.4, -0.2) is 33.1 Å². The summed E-state index contributed by atoms with van der Waals surface area (Å²) in [6, 6.07) is 35.0. The molecule has 0 spiro atoms. The molecule has 264 valence electrons. The molecule has 10 nitrogen and oxygen atoms in total. The molecular formula is C42H42N6O4. The fourth-order valence-electron chi connectivity index (χ4n) is 6.04. The second-order valence-corrected chi connectivity index (χ2v) is 12.4. The highest BCUT2D eigenvalue weighted by Gasteiger charge is 2.22. The molecule has 8 rings (SSSR count). The first-order valence-corrected chi connectivity index (χ1v) is 17.8.